The number of benzene rings is 2. The fourth-order valence-corrected chi connectivity index (χ4v) is 3.92. The zero-order valence-electron chi connectivity index (χ0n) is 17.9. The lowest BCUT2D eigenvalue weighted by Gasteiger charge is -2.08. The normalized spacial score (nSPS) is 11.1. The van der Waals surface area contributed by atoms with Gasteiger partial charge in [0.25, 0.3) is 5.56 Å². The zero-order chi connectivity index (χ0) is 22.7. The summed E-state index contributed by atoms with van der Waals surface area (Å²) in [5.41, 5.74) is 2.51. The molecule has 0 bridgehead atoms. The van der Waals surface area contributed by atoms with E-state index in [0.29, 0.717) is 47.4 Å². The summed E-state index contributed by atoms with van der Waals surface area (Å²) in [4.78, 5) is 31.5. The van der Waals surface area contributed by atoms with Gasteiger partial charge in [0.15, 0.2) is 4.77 Å². The molecule has 0 saturated carbocycles. The topological polar surface area (TPSA) is 101 Å². The Morgan fingerprint density at radius 2 is 1.72 bits per heavy atom. The number of H-pyrrole nitrogens is 2. The molecule has 166 valence electrons. The highest BCUT2D eigenvalue weighted by Gasteiger charge is 2.12. The van der Waals surface area contributed by atoms with Gasteiger partial charge in [0.2, 0.25) is 5.91 Å². The third kappa shape index (κ3) is 4.38. The summed E-state index contributed by atoms with van der Waals surface area (Å²) in [6.07, 6.45) is 1.63. The molecule has 2 aromatic heterocycles. The molecule has 4 rings (SSSR count). The lowest BCUT2D eigenvalue weighted by Crippen LogP contribution is -2.22. The fourth-order valence-electron chi connectivity index (χ4n) is 3.65. The second-order valence-electron chi connectivity index (χ2n) is 7.41. The van der Waals surface area contributed by atoms with Crippen molar-refractivity contribution < 1.29 is 14.3 Å². The average molecular weight is 453 g/mol. The molecule has 32 heavy (non-hydrogen) atoms. The lowest BCUT2D eigenvalue weighted by atomic mass is 10.2. The van der Waals surface area contributed by atoms with Crippen LogP contribution in [0.5, 0.6) is 11.5 Å². The van der Waals surface area contributed by atoms with Crippen molar-refractivity contribution in [3.05, 3.63) is 57.6 Å². The molecule has 0 aliphatic rings. The van der Waals surface area contributed by atoms with Crippen LogP contribution in [0, 0.1) is 4.77 Å². The van der Waals surface area contributed by atoms with Crippen molar-refractivity contribution >= 4 is 45.7 Å². The molecular formula is C23H24N4O4S. The maximum atomic E-state index is 13.0. The molecule has 9 heteroatoms. The molecule has 0 fully saturated rings. The number of nitrogens with one attached hydrogen (secondary N) is 3. The average Bonchev–Trinajstić information content (AvgIpc) is 3.16. The minimum atomic E-state index is -0.179. The summed E-state index contributed by atoms with van der Waals surface area (Å²) in [6, 6.07) is 12.7. The molecule has 0 atom stereocenters. The predicted molar refractivity (Wildman–Crippen MR) is 127 cm³/mol. The van der Waals surface area contributed by atoms with Crippen molar-refractivity contribution in [3.8, 4) is 11.5 Å². The van der Waals surface area contributed by atoms with Gasteiger partial charge in [0.05, 0.1) is 19.7 Å². The van der Waals surface area contributed by atoms with Crippen LogP contribution in [0.1, 0.15) is 19.3 Å². The summed E-state index contributed by atoms with van der Waals surface area (Å²) in [7, 11) is 3.19. The Labute approximate surface area is 189 Å². The number of unbranched alkanes of at least 4 members (excludes halogenated alkanes) is 1. The van der Waals surface area contributed by atoms with E-state index in [0.717, 1.165) is 22.3 Å². The standard InChI is InChI=1S/C23H24N4O4S/c1-30-15-8-6-14(7-9-15)24-19(28)5-3-4-12-27-22(29)21-20(26-23(27)32)17-13-16(31-2)10-11-18(17)25-21/h6-11,13,25H,3-5,12H2,1-2H3,(H,24,28)(H,26,32). The van der Waals surface area contributed by atoms with E-state index < -0.39 is 0 Å². The molecule has 1 amide bonds. The van der Waals surface area contributed by atoms with Crippen LogP contribution in [0.3, 0.4) is 0 Å². The maximum Gasteiger partial charge on any atom is 0.278 e. The summed E-state index contributed by atoms with van der Waals surface area (Å²) < 4.78 is 12.3. The van der Waals surface area contributed by atoms with E-state index in [4.69, 9.17) is 21.7 Å². The second-order valence-corrected chi connectivity index (χ2v) is 7.79. The molecule has 2 aromatic carbocycles. The van der Waals surface area contributed by atoms with Crippen molar-refractivity contribution in [1.82, 2.24) is 14.5 Å². The van der Waals surface area contributed by atoms with Gasteiger partial charge in [0.1, 0.15) is 17.0 Å². The van der Waals surface area contributed by atoms with Crippen molar-refractivity contribution in [3.63, 3.8) is 0 Å². The summed E-state index contributed by atoms with van der Waals surface area (Å²) in [5.74, 6) is 1.36. The highest BCUT2D eigenvalue weighted by Crippen LogP contribution is 2.26. The van der Waals surface area contributed by atoms with Crippen LogP contribution < -0.4 is 20.3 Å². The largest absolute Gasteiger partial charge is 0.497 e. The molecule has 8 nitrogen and oxygen atoms in total. The molecule has 0 radical (unpaired) electrons. The first-order valence-electron chi connectivity index (χ1n) is 10.3. The number of carbonyl (C=O) groups excluding carboxylic acids is 1. The SMILES string of the molecule is COc1ccc(NC(=O)CCCCn2c(=S)[nH]c3c([nH]c4ccc(OC)cc43)c2=O)cc1. The van der Waals surface area contributed by atoms with Gasteiger partial charge in [-0.15, -0.1) is 0 Å². The minimum absolute atomic E-state index is 0.0762. The molecule has 0 saturated heterocycles. The number of aromatic amines is 2. The first-order valence-corrected chi connectivity index (χ1v) is 10.7. The van der Waals surface area contributed by atoms with Crippen LogP contribution >= 0.6 is 12.2 Å². The van der Waals surface area contributed by atoms with Gasteiger partial charge >= 0.3 is 0 Å². The first kappa shape index (κ1) is 21.6. The third-order valence-electron chi connectivity index (χ3n) is 5.35. The number of amides is 1. The Balaban J connectivity index is 1.41. The van der Waals surface area contributed by atoms with E-state index in [9.17, 15) is 9.59 Å². The van der Waals surface area contributed by atoms with Crippen LogP contribution in [-0.2, 0) is 11.3 Å². The Morgan fingerprint density at radius 1 is 1.00 bits per heavy atom. The number of nitrogens with zero attached hydrogens (tertiary/aromatic N) is 1. The first-order chi connectivity index (χ1) is 15.5. The Bertz CT molecular complexity index is 1390. The number of hydrogen-bond donors (Lipinski definition) is 3. The fraction of sp³-hybridized carbons (Fsp3) is 0.261. The van der Waals surface area contributed by atoms with Crippen molar-refractivity contribution in [1.29, 1.82) is 0 Å². The smallest absolute Gasteiger partial charge is 0.278 e. The van der Waals surface area contributed by atoms with E-state index in [1.165, 1.54) is 4.57 Å². The van der Waals surface area contributed by atoms with E-state index in [2.05, 4.69) is 15.3 Å². The number of fused-ring (bicyclic) bond motifs is 3. The summed E-state index contributed by atoms with van der Waals surface area (Å²) in [6.45, 7) is 0.429. The molecule has 0 spiro atoms. The summed E-state index contributed by atoms with van der Waals surface area (Å²) >= 11 is 5.44. The number of rotatable bonds is 8. The maximum absolute atomic E-state index is 13.0. The number of hydrogen-bond acceptors (Lipinski definition) is 5. The quantitative estimate of drug-likeness (QED) is 0.272. The number of ether oxygens (including phenoxy) is 2. The second kappa shape index (κ2) is 9.27. The van der Waals surface area contributed by atoms with Crippen molar-refractivity contribution in [2.75, 3.05) is 19.5 Å². The molecular weight excluding hydrogens is 428 g/mol. The number of anilines is 1. The molecule has 2 heterocycles. The van der Waals surface area contributed by atoms with Crippen molar-refractivity contribution in [2.24, 2.45) is 0 Å². The zero-order valence-corrected chi connectivity index (χ0v) is 18.7. The van der Waals surface area contributed by atoms with Gasteiger partial charge < -0.3 is 24.8 Å². The molecule has 0 aliphatic heterocycles. The Kier molecular flexibility index (Phi) is 6.27. The van der Waals surface area contributed by atoms with Gasteiger partial charge in [-0.1, -0.05) is 0 Å². The van der Waals surface area contributed by atoms with E-state index in [1.54, 1.807) is 38.5 Å². The van der Waals surface area contributed by atoms with Gasteiger partial charge in [-0.05, 0) is 67.5 Å². The monoisotopic (exact) mass is 452 g/mol. The minimum Gasteiger partial charge on any atom is -0.497 e. The Hall–Kier alpha value is -3.59. The van der Waals surface area contributed by atoms with Crippen LogP contribution in [0.15, 0.2) is 47.3 Å². The van der Waals surface area contributed by atoms with Crippen LogP contribution in [0.2, 0.25) is 0 Å². The third-order valence-corrected chi connectivity index (χ3v) is 5.67. The van der Waals surface area contributed by atoms with E-state index in [-0.39, 0.29) is 11.5 Å². The van der Waals surface area contributed by atoms with E-state index >= 15 is 0 Å². The summed E-state index contributed by atoms with van der Waals surface area (Å²) in [5, 5.41) is 3.71. The molecule has 0 aliphatic carbocycles. The highest BCUT2D eigenvalue weighted by molar-refractivity contribution is 7.71. The highest BCUT2D eigenvalue weighted by atomic mass is 32.1. The molecule has 0 unspecified atom stereocenters. The van der Waals surface area contributed by atoms with Crippen LogP contribution in [-0.4, -0.2) is 34.7 Å². The number of carbonyl (C=O) groups is 1. The van der Waals surface area contributed by atoms with E-state index in [1.807, 2.05) is 18.2 Å². The molecule has 3 N–H and O–H groups in total. The number of aromatic nitrogens is 3. The van der Waals surface area contributed by atoms with Crippen molar-refractivity contribution in [2.45, 2.75) is 25.8 Å². The van der Waals surface area contributed by atoms with Gasteiger partial charge in [-0.2, -0.15) is 0 Å². The van der Waals surface area contributed by atoms with Crippen LogP contribution in [0.25, 0.3) is 21.9 Å². The van der Waals surface area contributed by atoms with Gasteiger partial charge in [-0.3, -0.25) is 14.2 Å². The predicted octanol–water partition coefficient (Wildman–Crippen LogP) is 4.37. The Morgan fingerprint density at radius 3 is 2.44 bits per heavy atom. The number of methoxy groups -OCH3 is 2. The lowest BCUT2D eigenvalue weighted by molar-refractivity contribution is -0.116. The van der Waals surface area contributed by atoms with Gasteiger partial charge in [-0.25, -0.2) is 0 Å². The van der Waals surface area contributed by atoms with Crippen LogP contribution in [0.4, 0.5) is 5.69 Å². The van der Waals surface area contributed by atoms with Gasteiger partial charge in [0, 0.05) is 29.6 Å². The molecule has 4 aromatic rings.